The first-order valence-corrected chi connectivity index (χ1v) is 20.1. The number of nitriles is 1. The maximum Gasteiger partial charge on any atom is 0.262 e. The molecule has 3 fully saturated rings. The maximum absolute atomic E-state index is 13.5. The van der Waals surface area contributed by atoms with Gasteiger partial charge < -0.3 is 15.0 Å². The van der Waals surface area contributed by atoms with Crippen molar-refractivity contribution < 1.29 is 28.7 Å². The zero-order chi connectivity index (χ0) is 40.6. The van der Waals surface area contributed by atoms with E-state index in [1.165, 1.54) is 0 Å². The molecular weight excluding hydrogens is 767 g/mol. The molecule has 1 saturated carbocycles. The fourth-order valence-electron chi connectivity index (χ4n) is 9.91. The summed E-state index contributed by atoms with van der Waals surface area (Å²) in [7, 11) is 0. The quantitative estimate of drug-likeness (QED) is 0.212. The Morgan fingerprint density at radius 3 is 2.11 bits per heavy atom. The molecule has 4 aliphatic heterocycles. The summed E-state index contributed by atoms with van der Waals surface area (Å²) in [6.07, 6.45) is 1.50. The number of nitrogens with one attached hydrogen (secondary N) is 2. The predicted molar refractivity (Wildman–Crippen MR) is 213 cm³/mol. The number of anilines is 1. The van der Waals surface area contributed by atoms with E-state index in [4.69, 9.17) is 27.9 Å². The summed E-state index contributed by atoms with van der Waals surface area (Å²) in [5, 5.41) is 15.0. The molecule has 14 heteroatoms. The zero-order valence-electron chi connectivity index (χ0n) is 32.3. The third kappa shape index (κ3) is 6.83. The van der Waals surface area contributed by atoms with Crippen molar-refractivity contribution in [3.63, 3.8) is 0 Å². The van der Waals surface area contributed by atoms with Crippen molar-refractivity contribution in [2.75, 3.05) is 24.5 Å². The lowest BCUT2D eigenvalue weighted by molar-refractivity contribution is -0.164. The number of imide groups is 2. The smallest absolute Gasteiger partial charge is 0.262 e. The minimum absolute atomic E-state index is 0.0788. The molecule has 1 unspecified atom stereocenters. The summed E-state index contributed by atoms with van der Waals surface area (Å²) in [6, 6.07) is 17.2. The fourth-order valence-corrected chi connectivity index (χ4v) is 10.5. The first-order valence-electron chi connectivity index (χ1n) is 19.3. The molecule has 0 radical (unpaired) electrons. The van der Waals surface area contributed by atoms with Gasteiger partial charge in [0.2, 0.25) is 11.8 Å². The Kier molecular flexibility index (Phi) is 9.65. The summed E-state index contributed by atoms with van der Waals surface area (Å²) in [6.45, 7) is 11.6. The number of amides is 5. The third-order valence-electron chi connectivity index (χ3n) is 12.6. The van der Waals surface area contributed by atoms with Crippen LogP contribution in [0.15, 0.2) is 54.6 Å². The number of hydrogen-bond acceptors (Lipinski definition) is 9. The van der Waals surface area contributed by atoms with Gasteiger partial charge in [0.25, 0.3) is 17.7 Å². The van der Waals surface area contributed by atoms with E-state index in [0.29, 0.717) is 52.7 Å². The van der Waals surface area contributed by atoms with Crippen LogP contribution in [0.3, 0.4) is 0 Å². The second-order valence-electron chi connectivity index (χ2n) is 17.2. The highest BCUT2D eigenvalue weighted by Gasteiger charge is 2.64. The normalized spacial score (nSPS) is 24.6. The minimum atomic E-state index is -0.989. The first kappa shape index (κ1) is 38.9. The van der Waals surface area contributed by atoms with E-state index in [9.17, 15) is 29.2 Å². The third-order valence-corrected chi connectivity index (χ3v) is 13.4. The number of carbonyl (C=O) groups excluding carboxylic acids is 5. The summed E-state index contributed by atoms with van der Waals surface area (Å²) >= 11 is 13.5. The fraction of sp³-hybridized carbons (Fsp3) is 0.442. The van der Waals surface area contributed by atoms with Crippen molar-refractivity contribution >= 4 is 58.4 Å². The van der Waals surface area contributed by atoms with E-state index in [2.05, 4.69) is 54.2 Å². The van der Waals surface area contributed by atoms with Crippen LogP contribution in [-0.4, -0.2) is 82.0 Å². The molecule has 12 nitrogen and oxygen atoms in total. The van der Waals surface area contributed by atoms with Crippen LogP contribution in [0.1, 0.15) is 101 Å². The van der Waals surface area contributed by atoms with Gasteiger partial charge in [-0.2, -0.15) is 5.26 Å². The Labute approximate surface area is 341 Å². The Hall–Kier alpha value is -4.96. The zero-order valence-corrected chi connectivity index (χ0v) is 33.8. The molecule has 1 atom stereocenters. The van der Waals surface area contributed by atoms with Crippen molar-refractivity contribution in [2.24, 2.45) is 10.8 Å². The van der Waals surface area contributed by atoms with Crippen molar-refractivity contribution in [1.29, 1.82) is 5.26 Å². The van der Waals surface area contributed by atoms with E-state index in [1.54, 1.807) is 30.3 Å². The van der Waals surface area contributed by atoms with Crippen LogP contribution in [0.4, 0.5) is 5.69 Å². The lowest BCUT2D eigenvalue weighted by Crippen LogP contribution is -2.74. The van der Waals surface area contributed by atoms with E-state index in [0.717, 1.165) is 47.6 Å². The monoisotopic (exact) mass is 810 g/mol. The van der Waals surface area contributed by atoms with Crippen LogP contribution < -0.4 is 20.3 Å². The van der Waals surface area contributed by atoms with E-state index >= 15 is 0 Å². The Balaban J connectivity index is 0.838. The average Bonchev–Trinajstić information content (AvgIpc) is 3.67. The molecule has 4 heterocycles. The molecule has 1 aliphatic carbocycles. The number of alkyl halides is 1. The number of piperidine rings is 2. The lowest BCUT2D eigenvalue weighted by atomic mass is 9.49. The molecule has 296 valence electrons. The number of benzene rings is 3. The van der Waals surface area contributed by atoms with Gasteiger partial charge in [-0.05, 0) is 78.9 Å². The van der Waals surface area contributed by atoms with Gasteiger partial charge in [0, 0.05) is 73.3 Å². The van der Waals surface area contributed by atoms with Crippen molar-refractivity contribution in [3.05, 3.63) is 93.0 Å². The number of nitrogens with zero attached hydrogens (tertiary/aromatic N) is 4. The molecule has 57 heavy (non-hydrogen) atoms. The average molecular weight is 812 g/mol. The van der Waals surface area contributed by atoms with Crippen molar-refractivity contribution in [1.82, 2.24) is 20.4 Å². The second kappa shape index (κ2) is 14.1. The molecule has 3 aromatic rings. The summed E-state index contributed by atoms with van der Waals surface area (Å²) in [5.74, 6) is -1.59. The molecule has 0 spiro atoms. The second-order valence-corrected chi connectivity index (χ2v) is 18.5. The van der Waals surface area contributed by atoms with Crippen LogP contribution in [0, 0.1) is 22.2 Å². The largest absolute Gasteiger partial charge is 0.489 e. The highest BCUT2D eigenvalue weighted by Crippen LogP contribution is 2.55. The van der Waals surface area contributed by atoms with Crippen molar-refractivity contribution in [2.45, 2.75) is 89.5 Å². The molecule has 0 aromatic heterocycles. The van der Waals surface area contributed by atoms with Crippen LogP contribution >= 0.6 is 23.2 Å². The van der Waals surface area contributed by atoms with E-state index < -0.39 is 34.5 Å². The highest BCUT2D eigenvalue weighted by atomic mass is 35.5. The van der Waals surface area contributed by atoms with Crippen LogP contribution in [-0.2, 0) is 22.7 Å². The molecular formula is C43H44Cl2N6O6. The first-order chi connectivity index (χ1) is 27.0. The summed E-state index contributed by atoms with van der Waals surface area (Å²) < 4.78 is 6.37. The lowest BCUT2D eigenvalue weighted by Gasteiger charge is -2.63. The molecule has 5 aliphatic rings. The molecule has 0 bridgehead atoms. The highest BCUT2D eigenvalue weighted by molar-refractivity contribution is 6.31. The van der Waals surface area contributed by atoms with Gasteiger partial charge >= 0.3 is 0 Å². The molecule has 3 aromatic carbocycles. The number of halogens is 2. The van der Waals surface area contributed by atoms with Crippen LogP contribution in [0.25, 0.3) is 0 Å². The summed E-state index contributed by atoms with van der Waals surface area (Å²) in [4.78, 5) is 69.4. The standard InChI is InChI=1S/C43H44Cl2N6O6/c1-41(2)39(42(3,4)40(41)57-29-10-7-25(20-46)32(44)19-29)48-35(53)24-5-8-28(9-6-24)50-15-13-43(45,14-16-50)23-49-21-26-17-30-31(18-27(26)22-49)38(56)51(37(30)55)33-11-12-34(52)47-36(33)54/h5-10,17-19,33,39-40H,11-16,21-23H2,1-4H3,(H,48,53)(H,47,52,54). The van der Waals surface area contributed by atoms with Crippen LogP contribution in [0.5, 0.6) is 5.75 Å². The van der Waals surface area contributed by atoms with Crippen molar-refractivity contribution in [3.8, 4) is 11.8 Å². The van der Waals surface area contributed by atoms with Gasteiger partial charge in [0.05, 0.1) is 26.6 Å². The number of ether oxygens (including phenoxy) is 1. The number of rotatable bonds is 8. The maximum atomic E-state index is 13.5. The Morgan fingerprint density at radius 1 is 0.930 bits per heavy atom. The number of fused-ring (bicyclic) bond motifs is 2. The molecule has 8 rings (SSSR count). The SMILES string of the molecule is CC1(C)C(NC(=O)c2ccc(N3CCC(Cl)(CN4Cc5cc6c(cc5C4)C(=O)N(C4CCC(=O)NC4=O)C6=O)CC3)cc2)C(C)(C)C1Oc1ccc(C#N)c(Cl)c1. The van der Waals surface area contributed by atoms with Gasteiger partial charge in [-0.1, -0.05) is 39.3 Å². The van der Waals surface area contributed by atoms with E-state index in [-0.39, 0.29) is 41.7 Å². The molecule has 2 saturated heterocycles. The minimum Gasteiger partial charge on any atom is -0.489 e. The topological polar surface area (TPSA) is 152 Å². The molecule has 5 amide bonds. The summed E-state index contributed by atoms with van der Waals surface area (Å²) in [5.41, 5.74) is 3.75. The van der Waals surface area contributed by atoms with Gasteiger partial charge in [0.15, 0.2) is 0 Å². The van der Waals surface area contributed by atoms with Crippen LogP contribution in [0.2, 0.25) is 5.02 Å². The number of carbonyl (C=O) groups is 5. The van der Waals surface area contributed by atoms with Gasteiger partial charge in [-0.15, -0.1) is 11.6 Å². The molecule has 2 N–H and O–H groups in total. The van der Waals surface area contributed by atoms with Gasteiger partial charge in [-0.25, -0.2) is 0 Å². The predicted octanol–water partition coefficient (Wildman–Crippen LogP) is 5.82. The van der Waals surface area contributed by atoms with Gasteiger partial charge in [-0.3, -0.25) is 39.1 Å². The Morgan fingerprint density at radius 2 is 1.54 bits per heavy atom. The van der Waals surface area contributed by atoms with E-state index in [1.807, 2.05) is 24.3 Å². The number of hydrogen-bond donors (Lipinski definition) is 2. The Bertz CT molecular complexity index is 2200. The van der Waals surface area contributed by atoms with Gasteiger partial charge in [0.1, 0.15) is 24.0 Å².